The molecule has 53 heavy (non-hydrogen) atoms. The van der Waals surface area contributed by atoms with Crippen molar-refractivity contribution in [2.45, 2.75) is 0 Å². The summed E-state index contributed by atoms with van der Waals surface area (Å²) in [7, 11) is 0. The Balaban J connectivity index is 1.12. The van der Waals surface area contributed by atoms with Gasteiger partial charge in [0.2, 0.25) is 0 Å². The van der Waals surface area contributed by atoms with Crippen molar-refractivity contribution >= 4 is 65.0 Å². The Morgan fingerprint density at radius 2 is 0.830 bits per heavy atom. The van der Waals surface area contributed by atoms with Crippen LogP contribution in [0.15, 0.2) is 180 Å². The molecular weight excluding hydrogens is 647 g/mol. The van der Waals surface area contributed by atoms with E-state index in [4.69, 9.17) is 19.4 Å². The van der Waals surface area contributed by atoms with Crippen LogP contribution < -0.4 is 0 Å². The first kappa shape index (κ1) is 29.5. The van der Waals surface area contributed by atoms with Crippen molar-refractivity contribution in [2.75, 3.05) is 0 Å². The number of aromatic nitrogens is 3. The van der Waals surface area contributed by atoms with E-state index in [1.165, 1.54) is 43.4 Å². The minimum atomic E-state index is 0.571. The highest BCUT2D eigenvalue weighted by Gasteiger charge is 2.20. The fourth-order valence-corrected chi connectivity index (χ4v) is 7.96. The molecule has 0 saturated heterocycles. The molecule has 0 saturated carbocycles. The lowest BCUT2D eigenvalue weighted by molar-refractivity contribution is 0.673. The van der Waals surface area contributed by atoms with Crippen LogP contribution in [0.3, 0.4) is 0 Å². The van der Waals surface area contributed by atoms with Crippen molar-refractivity contribution in [3.63, 3.8) is 0 Å². The molecular formula is C49H29N3O. The number of hydrogen-bond donors (Lipinski definition) is 0. The molecule has 0 aliphatic carbocycles. The van der Waals surface area contributed by atoms with Crippen molar-refractivity contribution in [2.24, 2.45) is 0 Å². The first-order valence-corrected chi connectivity index (χ1v) is 17.9. The number of para-hydroxylation sites is 1. The van der Waals surface area contributed by atoms with Crippen LogP contribution >= 0.6 is 0 Å². The third-order valence-electron chi connectivity index (χ3n) is 10.5. The minimum Gasteiger partial charge on any atom is -0.455 e. The van der Waals surface area contributed by atoms with Gasteiger partial charge in [-0.25, -0.2) is 15.0 Å². The standard InChI is InChI=1S/C49H29N3O/c1-3-13-31(14-4-1)47-50-48(32-15-5-2-6-16-32)52-49(51-47)42-21-11-20-41-44-29-43(37-18-9-10-19-40(37)46(44)53-45(41)42)34-23-25-36-33(28-34)24-27-38-35-17-8-7-12-30(35)22-26-39(36)38/h1-29H. The summed E-state index contributed by atoms with van der Waals surface area (Å²) in [6.07, 6.45) is 0. The highest BCUT2D eigenvalue weighted by molar-refractivity contribution is 6.22. The van der Waals surface area contributed by atoms with Gasteiger partial charge in [-0.1, -0.05) is 158 Å². The lowest BCUT2D eigenvalue weighted by Crippen LogP contribution is -2.00. The van der Waals surface area contributed by atoms with E-state index in [1.807, 2.05) is 66.7 Å². The zero-order chi connectivity index (χ0) is 34.9. The highest BCUT2D eigenvalue weighted by Crippen LogP contribution is 2.43. The predicted octanol–water partition coefficient (Wildman–Crippen LogP) is 13.1. The molecule has 9 aromatic carbocycles. The second-order valence-corrected chi connectivity index (χ2v) is 13.6. The molecule has 2 aromatic heterocycles. The molecule has 0 amide bonds. The molecule has 4 nitrogen and oxygen atoms in total. The number of fused-ring (bicyclic) bond motifs is 10. The maximum Gasteiger partial charge on any atom is 0.167 e. The van der Waals surface area contributed by atoms with Gasteiger partial charge < -0.3 is 4.42 Å². The zero-order valence-electron chi connectivity index (χ0n) is 28.5. The number of benzene rings is 9. The second-order valence-electron chi connectivity index (χ2n) is 13.6. The van der Waals surface area contributed by atoms with Gasteiger partial charge in [-0.05, 0) is 67.0 Å². The minimum absolute atomic E-state index is 0.571. The highest BCUT2D eigenvalue weighted by atomic mass is 16.3. The van der Waals surface area contributed by atoms with Crippen molar-refractivity contribution < 1.29 is 4.42 Å². The van der Waals surface area contributed by atoms with Crippen molar-refractivity contribution in [1.82, 2.24) is 15.0 Å². The van der Waals surface area contributed by atoms with Gasteiger partial charge in [0.25, 0.3) is 0 Å². The second kappa shape index (κ2) is 11.7. The van der Waals surface area contributed by atoms with Gasteiger partial charge in [-0.3, -0.25) is 0 Å². The van der Waals surface area contributed by atoms with Gasteiger partial charge in [-0.15, -0.1) is 0 Å². The summed E-state index contributed by atoms with van der Waals surface area (Å²) < 4.78 is 6.89. The molecule has 0 spiro atoms. The van der Waals surface area contributed by atoms with Crippen LogP contribution in [0.4, 0.5) is 0 Å². The third kappa shape index (κ3) is 4.73. The molecule has 0 atom stereocenters. The maximum absolute atomic E-state index is 6.89. The molecule has 2 heterocycles. The summed E-state index contributed by atoms with van der Waals surface area (Å²) in [6, 6.07) is 61.7. The predicted molar refractivity (Wildman–Crippen MR) is 219 cm³/mol. The number of furan rings is 1. The largest absolute Gasteiger partial charge is 0.455 e. The summed E-state index contributed by atoms with van der Waals surface area (Å²) in [5, 5.41) is 11.8. The van der Waals surface area contributed by atoms with Crippen LogP contribution in [0, 0.1) is 0 Å². The summed E-state index contributed by atoms with van der Waals surface area (Å²) in [6.45, 7) is 0. The Labute approximate surface area is 304 Å². The Hall–Kier alpha value is -7.17. The average Bonchev–Trinajstić information content (AvgIpc) is 3.62. The summed E-state index contributed by atoms with van der Waals surface area (Å²) >= 11 is 0. The Morgan fingerprint density at radius 1 is 0.283 bits per heavy atom. The lowest BCUT2D eigenvalue weighted by atomic mass is 9.92. The van der Waals surface area contributed by atoms with E-state index in [0.29, 0.717) is 17.5 Å². The molecule has 4 heteroatoms. The fraction of sp³-hybridized carbons (Fsp3) is 0. The average molecular weight is 676 g/mol. The van der Waals surface area contributed by atoms with E-state index in [2.05, 4.69) is 109 Å². The van der Waals surface area contributed by atoms with Crippen LogP contribution in [0.2, 0.25) is 0 Å². The van der Waals surface area contributed by atoms with Crippen molar-refractivity contribution in [1.29, 1.82) is 0 Å². The van der Waals surface area contributed by atoms with E-state index in [1.54, 1.807) is 0 Å². The molecule has 0 aliphatic rings. The zero-order valence-corrected chi connectivity index (χ0v) is 28.5. The first-order valence-electron chi connectivity index (χ1n) is 17.9. The van der Waals surface area contributed by atoms with Gasteiger partial charge in [-0.2, -0.15) is 0 Å². The normalized spacial score (nSPS) is 11.8. The molecule has 0 unspecified atom stereocenters. The number of hydrogen-bond acceptors (Lipinski definition) is 4. The number of nitrogens with zero attached hydrogens (tertiary/aromatic N) is 3. The molecule has 0 bridgehead atoms. The van der Waals surface area contributed by atoms with Gasteiger partial charge in [0, 0.05) is 27.3 Å². The van der Waals surface area contributed by atoms with Gasteiger partial charge in [0.15, 0.2) is 17.5 Å². The van der Waals surface area contributed by atoms with Gasteiger partial charge >= 0.3 is 0 Å². The van der Waals surface area contributed by atoms with Gasteiger partial charge in [0.05, 0.1) is 5.56 Å². The van der Waals surface area contributed by atoms with Gasteiger partial charge in [0.1, 0.15) is 11.2 Å². The first-order chi connectivity index (χ1) is 26.3. The van der Waals surface area contributed by atoms with E-state index < -0.39 is 0 Å². The quantitative estimate of drug-likeness (QED) is 0.174. The van der Waals surface area contributed by atoms with Crippen molar-refractivity contribution in [3.8, 4) is 45.3 Å². The Bertz CT molecular complexity index is 3160. The molecule has 11 rings (SSSR count). The maximum atomic E-state index is 6.89. The van der Waals surface area contributed by atoms with E-state index in [0.717, 1.165) is 49.4 Å². The molecule has 0 radical (unpaired) electrons. The molecule has 0 fully saturated rings. The molecule has 11 aromatic rings. The van der Waals surface area contributed by atoms with Crippen molar-refractivity contribution in [3.05, 3.63) is 176 Å². The monoisotopic (exact) mass is 675 g/mol. The van der Waals surface area contributed by atoms with Crippen LogP contribution in [-0.4, -0.2) is 15.0 Å². The Kier molecular flexibility index (Phi) is 6.52. The molecule has 0 aliphatic heterocycles. The van der Waals surface area contributed by atoms with Crippen LogP contribution in [-0.2, 0) is 0 Å². The van der Waals surface area contributed by atoms with Crippen LogP contribution in [0.25, 0.3) is 110 Å². The molecule has 0 N–H and O–H groups in total. The third-order valence-corrected chi connectivity index (χ3v) is 10.5. The van der Waals surface area contributed by atoms with Crippen LogP contribution in [0.5, 0.6) is 0 Å². The van der Waals surface area contributed by atoms with E-state index in [9.17, 15) is 0 Å². The summed E-state index contributed by atoms with van der Waals surface area (Å²) in [4.78, 5) is 15.0. The SMILES string of the molecule is c1ccc(-c2nc(-c3ccccc3)nc(-c3cccc4c3oc3c5ccccc5c(-c5ccc6c(ccc7c8ccccc8ccc67)c5)cc43)n2)cc1. The summed E-state index contributed by atoms with van der Waals surface area (Å²) in [5.41, 5.74) is 6.62. The number of rotatable bonds is 4. The van der Waals surface area contributed by atoms with E-state index in [-0.39, 0.29) is 0 Å². The van der Waals surface area contributed by atoms with E-state index >= 15 is 0 Å². The topological polar surface area (TPSA) is 51.8 Å². The lowest BCUT2D eigenvalue weighted by Gasteiger charge is -2.11. The van der Waals surface area contributed by atoms with Crippen LogP contribution in [0.1, 0.15) is 0 Å². The molecule has 246 valence electrons. The summed E-state index contributed by atoms with van der Waals surface area (Å²) in [5.74, 6) is 1.81. The fourth-order valence-electron chi connectivity index (χ4n) is 7.96. The smallest absolute Gasteiger partial charge is 0.167 e. The Morgan fingerprint density at radius 3 is 1.57 bits per heavy atom.